The maximum absolute atomic E-state index is 5.45. The predicted octanol–water partition coefficient (Wildman–Crippen LogP) is 2.99. The molecular weight excluding hydrogens is 388 g/mol. The van der Waals surface area contributed by atoms with E-state index in [1.54, 1.807) is 0 Å². The summed E-state index contributed by atoms with van der Waals surface area (Å²) in [5.74, 6) is 1.79. The summed E-state index contributed by atoms with van der Waals surface area (Å²) in [5, 5.41) is 11.0. The molecule has 0 saturated carbocycles. The zero-order chi connectivity index (χ0) is 22.1. The highest BCUT2D eigenvalue weighted by Gasteiger charge is 2.17. The van der Waals surface area contributed by atoms with Crippen molar-refractivity contribution in [3.05, 3.63) is 46.8 Å². The van der Waals surface area contributed by atoms with Crippen LogP contribution < -0.4 is 15.5 Å². The summed E-state index contributed by atoms with van der Waals surface area (Å²) in [6.45, 7) is 13.5. The third-order valence-corrected chi connectivity index (χ3v) is 5.95. The summed E-state index contributed by atoms with van der Waals surface area (Å²) >= 11 is 0. The molecule has 1 saturated heterocycles. The van der Waals surface area contributed by atoms with Crippen LogP contribution in [0.3, 0.4) is 0 Å². The van der Waals surface area contributed by atoms with Gasteiger partial charge in [0.25, 0.3) is 0 Å². The smallest absolute Gasteiger partial charge is 0.191 e. The molecule has 7 nitrogen and oxygen atoms in total. The lowest BCUT2D eigenvalue weighted by Crippen LogP contribution is -2.47. The van der Waals surface area contributed by atoms with Gasteiger partial charge in [-0.05, 0) is 44.0 Å². The van der Waals surface area contributed by atoms with Gasteiger partial charge in [0.05, 0.1) is 5.69 Å². The quantitative estimate of drug-likeness (QED) is 0.365. The largest absolute Gasteiger partial charge is 0.369 e. The first-order chi connectivity index (χ1) is 15.1. The molecule has 3 rings (SSSR count). The second-order valence-electron chi connectivity index (χ2n) is 8.11. The van der Waals surface area contributed by atoms with Gasteiger partial charge in [-0.25, -0.2) is 0 Å². The Morgan fingerprint density at radius 3 is 2.61 bits per heavy atom. The van der Waals surface area contributed by atoms with Crippen molar-refractivity contribution in [1.82, 2.24) is 20.7 Å². The van der Waals surface area contributed by atoms with Crippen LogP contribution in [0.15, 0.2) is 33.8 Å². The third kappa shape index (κ3) is 6.47. The lowest BCUT2D eigenvalue weighted by molar-refractivity contribution is 0.255. The van der Waals surface area contributed by atoms with Crippen LogP contribution in [0.1, 0.15) is 42.8 Å². The van der Waals surface area contributed by atoms with Crippen LogP contribution in [0.2, 0.25) is 0 Å². The average Bonchev–Trinajstić information content (AvgIpc) is 3.21. The Bertz CT molecular complexity index is 817. The highest BCUT2D eigenvalue weighted by molar-refractivity contribution is 5.79. The number of piperazine rings is 1. The van der Waals surface area contributed by atoms with E-state index in [1.807, 2.05) is 7.05 Å². The van der Waals surface area contributed by atoms with Gasteiger partial charge in [0.15, 0.2) is 5.96 Å². The molecule has 170 valence electrons. The van der Waals surface area contributed by atoms with Gasteiger partial charge >= 0.3 is 0 Å². The van der Waals surface area contributed by atoms with Gasteiger partial charge in [-0.3, -0.25) is 9.89 Å². The van der Waals surface area contributed by atoms with Crippen LogP contribution in [0.25, 0.3) is 0 Å². The number of benzene rings is 1. The van der Waals surface area contributed by atoms with Crippen LogP contribution in [0, 0.1) is 6.92 Å². The van der Waals surface area contributed by atoms with Crippen molar-refractivity contribution in [2.75, 3.05) is 51.2 Å². The molecule has 1 aromatic carbocycles. The van der Waals surface area contributed by atoms with E-state index in [4.69, 9.17) is 4.52 Å². The van der Waals surface area contributed by atoms with E-state index >= 15 is 0 Å². The van der Waals surface area contributed by atoms with Crippen LogP contribution in [0.5, 0.6) is 0 Å². The molecule has 2 aromatic rings. The second-order valence-corrected chi connectivity index (χ2v) is 8.11. The maximum atomic E-state index is 5.45. The van der Waals surface area contributed by atoms with Crippen LogP contribution >= 0.6 is 0 Å². The lowest BCUT2D eigenvalue weighted by atomic mass is 10.1. The molecule has 1 aliphatic heterocycles. The van der Waals surface area contributed by atoms with E-state index in [-0.39, 0.29) is 0 Å². The molecule has 31 heavy (non-hydrogen) atoms. The molecule has 1 aromatic heterocycles. The standard InChI is InChI=1S/C24H38N6O/c1-5-22-21(23(6-2)31-28-22)18-27-24(25-4)26-11-8-12-29-13-15-30(16-14-29)20-10-7-9-19(3)17-20/h7,9-10,17H,5-6,8,11-16,18H2,1-4H3,(H2,25,26,27). The van der Waals surface area contributed by atoms with E-state index in [0.29, 0.717) is 6.54 Å². The number of aromatic nitrogens is 1. The topological polar surface area (TPSA) is 68.9 Å². The summed E-state index contributed by atoms with van der Waals surface area (Å²) in [7, 11) is 1.81. The highest BCUT2D eigenvalue weighted by atomic mass is 16.5. The first-order valence-electron chi connectivity index (χ1n) is 11.6. The molecule has 2 N–H and O–H groups in total. The van der Waals surface area contributed by atoms with Crippen molar-refractivity contribution < 1.29 is 4.52 Å². The maximum Gasteiger partial charge on any atom is 0.191 e. The summed E-state index contributed by atoms with van der Waals surface area (Å²) < 4.78 is 5.45. The fourth-order valence-corrected chi connectivity index (χ4v) is 4.09. The minimum Gasteiger partial charge on any atom is -0.369 e. The van der Waals surface area contributed by atoms with Crippen LogP contribution in [-0.2, 0) is 19.4 Å². The SMILES string of the molecule is CCc1noc(CC)c1CNC(=NC)NCCCN1CCN(c2cccc(C)c2)CC1. The van der Waals surface area contributed by atoms with Gasteiger partial charge in [0.2, 0.25) is 0 Å². The first-order valence-corrected chi connectivity index (χ1v) is 11.6. The van der Waals surface area contributed by atoms with E-state index in [1.165, 1.54) is 16.8 Å². The number of guanidine groups is 1. The molecule has 0 bridgehead atoms. The molecule has 0 amide bonds. The van der Waals surface area contributed by atoms with Gasteiger partial charge in [-0.1, -0.05) is 31.1 Å². The van der Waals surface area contributed by atoms with Crippen LogP contribution in [-0.4, -0.2) is 62.3 Å². The average molecular weight is 427 g/mol. The molecule has 0 spiro atoms. The van der Waals surface area contributed by atoms with Crippen molar-refractivity contribution in [3.8, 4) is 0 Å². The molecule has 0 atom stereocenters. The Labute approximate surface area is 186 Å². The summed E-state index contributed by atoms with van der Waals surface area (Å²) in [5.41, 5.74) is 4.87. The van der Waals surface area contributed by atoms with Crippen molar-refractivity contribution in [2.24, 2.45) is 4.99 Å². The molecule has 7 heteroatoms. The number of anilines is 1. The fourth-order valence-electron chi connectivity index (χ4n) is 4.09. The Morgan fingerprint density at radius 2 is 1.94 bits per heavy atom. The molecule has 0 unspecified atom stereocenters. The van der Waals surface area contributed by atoms with Gasteiger partial charge < -0.3 is 20.1 Å². The van der Waals surface area contributed by atoms with Crippen molar-refractivity contribution in [2.45, 2.75) is 46.6 Å². The van der Waals surface area contributed by atoms with Gasteiger partial charge in [-0.15, -0.1) is 0 Å². The number of nitrogens with one attached hydrogen (secondary N) is 2. The van der Waals surface area contributed by atoms with E-state index in [9.17, 15) is 0 Å². The van der Waals surface area contributed by atoms with E-state index in [0.717, 1.165) is 75.9 Å². The van der Waals surface area contributed by atoms with Crippen LogP contribution in [0.4, 0.5) is 5.69 Å². The number of rotatable bonds is 9. The molecule has 2 heterocycles. The fraction of sp³-hybridized carbons (Fsp3) is 0.583. The van der Waals surface area contributed by atoms with Crippen molar-refractivity contribution >= 4 is 11.6 Å². The third-order valence-electron chi connectivity index (χ3n) is 5.95. The zero-order valence-electron chi connectivity index (χ0n) is 19.6. The monoisotopic (exact) mass is 426 g/mol. The second kappa shape index (κ2) is 11.7. The summed E-state index contributed by atoms with van der Waals surface area (Å²) in [4.78, 5) is 9.41. The van der Waals surface area contributed by atoms with Gasteiger partial charge in [0, 0.05) is 64.0 Å². The lowest BCUT2D eigenvalue weighted by Gasteiger charge is -2.36. The Kier molecular flexibility index (Phi) is 8.76. The number of aliphatic imine (C=N–C) groups is 1. The predicted molar refractivity (Wildman–Crippen MR) is 128 cm³/mol. The minimum atomic E-state index is 0.691. The Morgan fingerprint density at radius 1 is 1.13 bits per heavy atom. The number of hydrogen-bond donors (Lipinski definition) is 2. The summed E-state index contributed by atoms with van der Waals surface area (Å²) in [6, 6.07) is 8.81. The van der Waals surface area contributed by atoms with Crippen molar-refractivity contribution in [1.29, 1.82) is 0 Å². The number of hydrogen-bond acceptors (Lipinski definition) is 5. The van der Waals surface area contributed by atoms with Crippen molar-refractivity contribution in [3.63, 3.8) is 0 Å². The number of aryl methyl sites for hydroxylation is 3. The zero-order valence-corrected chi connectivity index (χ0v) is 19.6. The molecular formula is C24H38N6O. The normalized spacial score (nSPS) is 15.4. The molecule has 0 radical (unpaired) electrons. The molecule has 1 aliphatic rings. The minimum absolute atomic E-state index is 0.691. The Balaban J connectivity index is 1.35. The highest BCUT2D eigenvalue weighted by Crippen LogP contribution is 2.18. The summed E-state index contributed by atoms with van der Waals surface area (Å²) in [6.07, 6.45) is 2.83. The van der Waals surface area contributed by atoms with Gasteiger partial charge in [0.1, 0.15) is 5.76 Å². The molecule has 1 fully saturated rings. The first kappa shape index (κ1) is 23.1. The van der Waals surface area contributed by atoms with Gasteiger partial charge in [-0.2, -0.15) is 0 Å². The Hall–Kier alpha value is -2.54. The van der Waals surface area contributed by atoms with E-state index < -0.39 is 0 Å². The molecule has 0 aliphatic carbocycles. The van der Waals surface area contributed by atoms with E-state index in [2.05, 4.69) is 75.6 Å². The number of nitrogens with zero attached hydrogens (tertiary/aromatic N) is 4.